The number of fused-ring (bicyclic) bond motifs is 1. The van der Waals surface area contributed by atoms with E-state index in [0.717, 1.165) is 16.5 Å². The van der Waals surface area contributed by atoms with Gasteiger partial charge in [0.05, 0.1) is 12.4 Å². The molecule has 0 aliphatic heterocycles. The lowest BCUT2D eigenvalue weighted by Gasteiger charge is -2.25. The Labute approximate surface area is 248 Å². The second kappa shape index (κ2) is 16.5. The van der Waals surface area contributed by atoms with Gasteiger partial charge >= 0.3 is 5.97 Å². The number of nitrogens with one attached hydrogen (secondary N) is 5. The van der Waals surface area contributed by atoms with E-state index in [0.29, 0.717) is 37.3 Å². The Morgan fingerprint density at radius 3 is 2.31 bits per heavy atom. The molecule has 3 amide bonds. The van der Waals surface area contributed by atoms with Crippen LogP contribution in [0, 0.1) is 0 Å². The molecule has 1 aromatic carbocycles. The second-order valence-electron chi connectivity index (χ2n) is 10.0. The van der Waals surface area contributed by atoms with Gasteiger partial charge in [0.25, 0.3) is 0 Å². The number of para-hydroxylation sites is 1. The van der Waals surface area contributed by atoms with Crippen LogP contribution in [0.3, 0.4) is 0 Å². The van der Waals surface area contributed by atoms with E-state index in [-0.39, 0.29) is 19.3 Å². The van der Waals surface area contributed by atoms with E-state index in [1.165, 1.54) is 18.1 Å². The molecule has 228 valence electrons. The van der Waals surface area contributed by atoms with Crippen molar-refractivity contribution < 1.29 is 24.3 Å². The zero-order chi connectivity index (χ0) is 30.5. The highest BCUT2D eigenvalue weighted by Crippen LogP contribution is 2.19. The lowest BCUT2D eigenvalue weighted by molar-refractivity contribution is -0.142. The van der Waals surface area contributed by atoms with Gasteiger partial charge in [-0.25, -0.2) is 9.78 Å². The molecule has 0 aliphatic carbocycles. The Morgan fingerprint density at radius 2 is 1.64 bits per heavy atom. The average molecular weight is 601 g/mol. The Bertz CT molecular complexity index is 1310. The average Bonchev–Trinajstić information content (AvgIpc) is 3.64. The maximum absolute atomic E-state index is 13.4. The topological polar surface area (TPSA) is 221 Å². The predicted octanol–water partition coefficient (Wildman–Crippen LogP) is 0.425. The predicted molar refractivity (Wildman–Crippen MR) is 162 cm³/mol. The number of hydrogen-bond acceptors (Lipinski definition) is 8. The molecule has 10 N–H and O–H groups in total. The van der Waals surface area contributed by atoms with Crippen molar-refractivity contribution in [1.29, 1.82) is 0 Å². The Morgan fingerprint density at radius 1 is 0.952 bits per heavy atom. The molecule has 2 heterocycles. The van der Waals surface area contributed by atoms with E-state index in [1.54, 1.807) is 12.4 Å². The number of hydrogen-bond donors (Lipinski definition) is 8. The van der Waals surface area contributed by atoms with E-state index in [1.807, 2.05) is 30.5 Å². The first-order chi connectivity index (χ1) is 20.2. The third kappa shape index (κ3) is 9.60. The fourth-order valence-corrected chi connectivity index (χ4v) is 5.01. The molecular weight excluding hydrogens is 560 g/mol. The third-order valence-corrected chi connectivity index (χ3v) is 7.51. The summed E-state index contributed by atoms with van der Waals surface area (Å²) in [5, 5.41) is 18.8. The largest absolute Gasteiger partial charge is 0.480 e. The summed E-state index contributed by atoms with van der Waals surface area (Å²) >= 11 is 1.49. The van der Waals surface area contributed by atoms with Crippen LogP contribution < -0.4 is 27.4 Å². The summed E-state index contributed by atoms with van der Waals surface area (Å²) in [6.07, 6.45) is 8.67. The van der Waals surface area contributed by atoms with Gasteiger partial charge in [-0.15, -0.1) is 0 Å². The van der Waals surface area contributed by atoms with Crippen molar-refractivity contribution in [2.45, 2.75) is 62.7 Å². The molecule has 0 radical (unpaired) electrons. The van der Waals surface area contributed by atoms with Gasteiger partial charge in [-0.05, 0) is 55.9 Å². The van der Waals surface area contributed by atoms with Gasteiger partial charge < -0.3 is 42.5 Å². The van der Waals surface area contributed by atoms with E-state index >= 15 is 0 Å². The van der Waals surface area contributed by atoms with Gasteiger partial charge in [-0.1, -0.05) is 18.2 Å². The van der Waals surface area contributed by atoms with Crippen LogP contribution in [0.2, 0.25) is 0 Å². The molecule has 0 spiro atoms. The van der Waals surface area contributed by atoms with Gasteiger partial charge in [0, 0.05) is 41.8 Å². The maximum Gasteiger partial charge on any atom is 0.326 e. The number of thioether (sulfide) groups is 1. The highest BCUT2D eigenvalue weighted by atomic mass is 32.2. The summed E-state index contributed by atoms with van der Waals surface area (Å²) in [4.78, 5) is 61.6. The molecule has 0 bridgehead atoms. The van der Waals surface area contributed by atoms with Gasteiger partial charge in [0.1, 0.15) is 18.1 Å². The van der Waals surface area contributed by atoms with Gasteiger partial charge in [-0.2, -0.15) is 11.8 Å². The first-order valence-electron chi connectivity index (χ1n) is 13.8. The molecule has 2 aromatic heterocycles. The van der Waals surface area contributed by atoms with Crippen LogP contribution in [-0.2, 0) is 32.0 Å². The van der Waals surface area contributed by atoms with Crippen LogP contribution in [0.4, 0.5) is 0 Å². The van der Waals surface area contributed by atoms with Crippen molar-refractivity contribution >= 4 is 46.4 Å². The van der Waals surface area contributed by atoms with Crippen LogP contribution in [0.15, 0.2) is 43.0 Å². The molecular formula is C28H40N8O5S. The quantitative estimate of drug-likeness (QED) is 0.0947. The minimum Gasteiger partial charge on any atom is -0.480 e. The SMILES string of the molecule is CSCCC(NC(=O)C(CCCCN)NC(=O)C(N)Cc1cnc[nH]1)C(=O)NC(Cc1c[nH]c2ccccc12)C(=O)O. The van der Waals surface area contributed by atoms with Crippen LogP contribution in [0.25, 0.3) is 10.9 Å². The molecule has 0 saturated carbocycles. The number of carbonyl (C=O) groups excluding carboxylic acids is 3. The van der Waals surface area contributed by atoms with Crippen molar-refractivity contribution in [1.82, 2.24) is 30.9 Å². The summed E-state index contributed by atoms with van der Waals surface area (Å²) in [6.45, 7) is 0.424. The lowest BCUT2D eigenvalue weighted by atomic mass is 10.0. The number of nitrogens with zero attached hydrogens (tertiary/aromatic N) is 1. The number of aliphatic carboxylic acids is 1. The fraction of sp³-hybridized carbons (Fsp3) is 0.464. The number of benzene rings is 1. The number of carboxylic acids is 1. The van der Waals surface area contributed by atoms with Crippen molar-refractivity contribution in [3.05, 3.63) is 54.2 Å². The Kier molecular flexibility index (Phi) is 12.8. The summed E-state index contributed by atoms with van der Waals surface area (Å²) in [5.41, 5.74) is 14.0. The van der Waals surface area contributed by atoms with E-state index in [4.69, 9.17) is 11.5 Å². The van der Waals surface area contributed by atoms with Gasteiger partial charge in [-0.3, -0.25) is 14.4 Å². The van der Waals surface area contributed by atoms with Crippen molar-refractivity contribution in [2.75, 3.05) is 18.6 Å². The third-order valence-electron chi connectivity index (χ3n) is 6.87. The molecule has 14 heteroatoms. The summed E-state index contributed by atoms with van der Waals surface area (Å²) in [5.74, 6) is -2.35. The highest BCUT2D eigenvalue weighted by Gasteiger charge is 2.30. The smallest absolute Gasteiger partial charge is 0.326 e. The molecule has 4 atom stereocenters. The lowest BCUT2D eigenvalue weighted by Crippen LogP contribution is -2.57. The summed E-state index contributed by atoms with van der Waals surface area (Å²) in [7, 11) is 0. The minimum absolute atomic E-state index is 0.0558. The Hall–Kier alpha value is -3.88. The maximum atomic E-state index is 13.4. The van der Waals surface area contributed by atoms with E-state index in [9.17, 15) is 24.3 Å². The number of amides is 3. The molecule has 42 heavy (non-hydrogen) atoms. The molecule has 3 aromatic rings. The van der Waals surface area contributed by atoms with Gasteiger partial charge in [0.15, 0.2) is 0 Å². The molecule has 13 nitrogen and oxygen atoms in total. The molecule has 4 unspecified atom stereocenters. The number of imidazole rings is 1. The summed E-state index contributed by atoms with van der Waals surface area (Å²) in [6, 6.07) is 3.38. The summed E-state index contributed by atoms with van der Waals surface area (Å²) < 4.78 is 0. The Balaban J connectivity index is 1.70. The van der Waals surface area contributed by atoms with Crippen molar-refractivity contribution in [2.24, 2.45) is 11.5 Å². The number of carboxylic acid groups (broad SMARTS) is 1. The van der Waals surface area contributed by atoms with Crippen LogP contribution in [-0.4, -0.2) is 86.5 Å². The van der Waals surface area contributed by atoms with Crippen LogP contribution in [0.5, 0.6) is 0 Å². The first kappa shape index (κ1) is 32.6. The zero-order valence-electron chi connectivity index (χ0n) is 23.6. The fourth-order valence-electron chi connectivity index (χ4n) is 4.54. The van der Waals surface area contributed by atoms with Crippen LogP contribution >= 0.6 is 11.8 Å². The number of rotatable bonds is 18. The second-order valence-corrected chi connectivity index (χ2v) is 11.0. The van der Waals surface area contributed by atoms with Gasteiger partial charge in [0.2, 0.25) is 17.7 Å². The number of unbranched alkanes of at least 4 members (excludes halogenated alkanes) is 1. The molecule has 0 aliphatic rings. The number of nitrogens with two attached hydrogens (primary N) is 2. The molecule has 0 saturated heterocycles. The highest BCUT2D eigenvalue weighted by molar-refractivity contribution is 7.98. The van der Waals surface area contributed by atoms with Crippen molar-refractivity contribution in [3.63, 3.8) is 0 Å². The monoisotopic (exact) mass is 600 g/mol. The number of H-pyrrole nitrogens is 2. The normalized spacial score (nSPS) is 14.1. The van der Waals surface area contributed by atoms with Crippen molar-refractivity contribution in [3.8, 4) is 0 Å². The number of aromatic nitrogens is 3. The zero-order valence-corrected chi connectivity index (χ0v) is 24.4. The molecule has 3 rings (SSSR count). The number of aromatic amines is 2. The standard InChI is InChI=1S/C28H40N8O5S/c1-42-11-9-23(27(39)36-24(28(40)41)12-17-14-32-21-7-3-2-6-19(17)21)35-26(38)22(8-4-5-10-29)34-25(37)20(30)13-18-15-31-16-33-18/h2-3,6-7,14-16,20,22-24,32H,4-5,8-13,29-30H2,1H3,(H,31,33)(H,34,37)(H,35,38)(H,36,39)(H,40,41). The number of carbonyl (C=O) groups is 4. The molecule has 0 fully saturated rings. The van der Waals surface area contributed by atoms with Crippen LogP contribution in [0.1, 0.15) is 36.9 Å². The van der Waals surface area contributed by atoms with E-state index in [2.05, 4.69) is 30.9 Å². The first-order valence-corrected chi connectivity index (χ1v) is 15.2. The van der Waals surface area contributed by atoms with E-state index < -0.39 is 47.9 Å². The minimum atomic E-state index is -1.22.